The Labute approximate surface area is 199 Å². The quantitative estimate of drug-likeness (QED) is 0.409. The molecule has 0 unspecified atom stereocenters. The van der Waals surface area contributed by atoms with E-state index in [-0.39, 0.29) is 21.8 Å². The first-order valence-corrected chi connectivity index (χ1v) is 14.9. The summed E-state index contributed by atoms with van der Waals surface area (Å²) in [6, 6.07) is 12.1. The van der Waals surface area contributed by atoms with Gasteiger partial charge in [0, 0.05) is 11.0 Å². The number of para-hydroxylation sites is 1. The van der Waals surface area contributed by atoms with Gasteiger partial charge >= 0.3 is 0 Å². The van der Waals surface area contributed by atoms with Gasteiger partial charge in [-0.05, 0) is 69.5 Å². The lowest BCUT2D eigenvalue weighted by Crippen LogP contribution is -2.16. The number of halogens is 1. The van der Waals surface area contributed by atoms with Gasteiger partial charge in [0.25, 0.3) is 0 Å². The van der Waals surface area contributed by atoms with E-state index < -0.39 is 22.2 Å². The summed E-state index contributed by atoms with van der Waals surface area (Å²) in [6.07, 6.45) is 0.711. The fourth-order valence-electron chi connectivity index (χ4n) is 3.09. The van der Waals surface area contributed by atoms with Gasteiger partial charge in [0.15, 0.2) is 20.8 Å². The fourth-order valence-corrected chi connectivity index (χ4v) is 5.32. The molecule has 0 aliphatic carbocycles. The van der Waals surface area contributed by atoms with Crippen LogP contribution in [0.15, 0.2) is 47.4 Å². The highest BCUT2D eigenvalue weighted by atomic mass is 35.5. The predicted molar refractivity (Wildman–Crippen MR) is 135 cm³/mol. The maximum atomic E-state index is 12.8. The zero-order valence-corrected chi connectivity index (χ0v) is 21.6. The highest BCUT2D eigenvalue weighted by molar-refractivity contribution is 7.92. The summed E-state index contributed by atoms with van der Waals surface area (Å²) in [5, 5.41) is 14.3. The molecule has 0 fully saturated rings. The van der Waals surface area contributed by atoms with Crippen LogP contribution in [0.3, 0.4) is 0 Å². The highest BCUT2D eigenvalue weighted by Gasteiger charge is 2.23. The lowest BCUT2D eigenvalue weighted by molar-refractivity contribution is 0.587. The van der Waals surface area contributed by atoms with Crippen molar-refractivity contribution in [2.45, 2.75) is 37.3 Å². The van der Waals surface area contributed by atoms with Crippen molar-refractivity contribution in [1.29, 1.82) is 0 Å². The topological polar surface area (TPSA) is 114 Å². The molecule has 0 saturated carbocycles. The van der Waals surface area contributed by atoms with E-state index in [0.717, 1.165) is 16.6 Å². The van der Waals surface area contributed by atoms with Gasteiger partial charge in [-0.15, -0.1) is 10.2 Å². The minimum Gasteiger partial charge on any atom is -0.336 e. The molecule has 3 aromatic rings. The third kappa shape index (κ3) is 5.72. The molecule has 0 aliphatic rings. The lowest BCUT2D eigenvalue weighted by Gasteiger charge is -2.16. The van der Waals surface area contributed by atoms with E-state index in [1.807, 2.05) is 25.1 Å². The number of sulfone groups is 1. The summed E-state index contributed by atoms with van der Waals surface area (Å²) < 4.78 is 37.9. The van der Waals surface area contributed by atoms with Crippen LogP contribution in [-0.4, -0.2) is 42.2 Å². The van der Waals surface area contributed by atoms with E-state index in [1.165, 1.54) is 6.07 Å². The van der Waals surface area contributed by atoms with Crippen LogP contribution in [0.5, 0.6) is 0 Å². The highest BCUT2D eigenvalue weighted by Crippen LogP contribution is 2.36. The van der Waals surface area contributed by atoms with Crippen LogP contribution in [0.4, 0.5) is 23.1 Å². The maximum Gasteiger partial charge on any atom is 0.249 e. The molecule has 0 spiro atoms. The minimum absolute atomic E-state index is 0.00117. The standard InChI is InChI=1S/C22H27ClN5O3PS/c1-6-15-13-16(32(4,5)29)11-12-17(15)25-22-26-21(20(23)27-28-22)24-18-9-7-8-10-19(18)33(30,31)14(2)3/h7-14H,6H2,1-5H3,(H2,24,25,26,28). The smallest absolute Gasteiger partial charge is 0.249 e. The summed E-state index contributed by atoms with van der Waals surface area (Å²) in [6.45, 7) is 8.72. The Kier molecular flexibility index (Phi) is 7.46. The van der Waals surface area contributed by atoms with Crippen LogP contribution in [0, 0.1) is 0 Å². The van der Waals surface area contributed by atoms with Crippen molar-refractivity contribution in [2.24, 2.45) is 0 Å². The Morgan fingerprint density at radius 2 is 1.73 bits per heavy atom. The zero-order chi connectivity index (χ0) is 24.4. The third-order valence-electron chi connectivity index (χ3n) is 5.05. The van der Waals surface area contributed by atoms with Gasteiger partial charge in [-0.1, -0.05) is 30.7 Å². The van der Waals surface area contributed by atoms with Crippen molar-refractivity contribution < 1.29 is 13.0 Å². The molecule has 1 aromatic heterocycles. The molecule has 11 heteroatoms. The molecule has 0 aliphatic heterocycles. The summed E-state index contributed by atoms with van der Waals surface area (Å²) in [4.78, 5) is 4.55. The number of aryl methyl sites for hydroxylation is 1. The van der Waals surface area contributed by atoms with Crippen molar-refractivity contribution in [3.63, 3.8) is 0 Å². The predicted octanol–water partition coefficient (Wildman–Crippen LogP) is 5.00. The molecule has 0 saturated heterocycles. The first-order chi connectivity index (χ1) is 15.4. The van der Waals surface area contributed by atoms with E-state index in [2.05, 4.69) is 25.8 Å². The number of nitrogens with one attached hydrogen (secondary N) is 2. The second-order valence-corrected chi connectivity index (χ2v) is 14.2. The number of aromatic nitrogens is 3. The van der Waals surface area contributed by atoms with Crippen LogP contribution in [0.1, 0.15) is 26.3 Å². The molecule has 2 aromatic carbocycles. The van der Waals surface area contributed by atoms with Crippen molar-refractivity contribution in [1.82, 2.24) is 15.2 Å². The normalized spacial score (nSPS) is 12.1. The molecule has 3 rings (SSSR count). The van der Waals surface area contributed by atoms with Gasteiger partial charge in [0.2, 0.25) is 5.95 Å². The SMILES string of the molecule is CCc1cc(P(C)(C)=O)ccc1Nc1nnc(Cl)c(Nc2ccccc2S(=O)(=O)C(C)C)n1. The summed E-state index contributed by atoms with van der Waals surface area (Å²) in [5.74, 6) is 0.353. The second-order valence-electron chi connectivity index (χ2n) is 8.16. The van der Waals surface area contributed by atoms with Crippen molar-refractivity contribution >= 4 is 57.0 Å². The van der Waals surface area contributed by atoms with E-state index in [4.69, 9.17) is 11.6 Å². The molecular weight excluding hydrogens is 481 g/mol. The third-order valence-corrected chi connectivity index (χ3v) is 9.04. The van der Waals surface area contributed by atoms with Crippen LogP contribution in [-0.2, 0) is 20.8 Å². The maximum absolute atomic E-state index is 12.8. The molecule has 0 radical (unpaired) electrons. The van der Waals surface area contributed by atoms with Crippen molar-refractivity contribution in [3.05, 3.63) is 53.2 Å². The first kappa shape index (κ1) is 25.1. The Morgan fingerprint density at radius 1 is 1.03 bits per heavy atom. The van der Waals surface area contributed by atoms with Crippen molar-refractivity contribution in [2.75, 3.05) is 24.0 Å². The number of benzene rings is 2. The summed E-state index contributed by atoms with van der Waals surface area (Å²) in [7, 11) is -5.92. The fraction of sp³-hybridized carbons (Fsp3) is 0.318. The first-order valence-electron chi connectivity index (χ1n) is 10.4. The molecule has 1 heterocycles. The molecule has 0 atom stereocenters. The minimum atomic E-state index is -3.53. The average molecular weight is 508 g/mol. The van der Waals surface area contributed by atoms with Crippen molar-refractivity contribution in [3.8, 4) is 0 Å². The Hall–Kier alpha value is -2.48. The average Bonchev–Trinajstić information content (AvgIpc) is 2.75. The van der Waals surface area contributed by atoms with Crippen LogP contribution in [0.2, 0.25) is 5.15 Å². The van der Waals surface area contributed by atoms with Crippen LogP contribution in [0.25, 0.3) is 0 Å². The summed E-state index contributed by atoms with van der Waals surface area (Å²) in [5.41, 5.74) is 2.06. The van der Waals surface area contributed by atoms with E-state index >= 15 is 0 Å². The van der Waals surface area contributed by atoms with Gasteiger partial charge in [0.05, 0.1) is 15.8 Å². The molecule has 176 valence electrons. The monoisotopic (exact) mass is 507 g/mol. The van der Waals surface area contributed by atoms with Gasteiger partial charge < -0.3 is 15.2 Å². The Balaban J connectivity index is 1.95. The van der Waals surface area contributed by atoms with E-state index in [0.29, 0.717) is 12.1 Å². The van der Waals surface area contributed by atoms with Crippen LogP contribution >= 0.6 is 18.7 Å². The Bertz CT molecular complexity index is 1330. The largest absolute Gasteiger partial charge is 0.336 e. The van der Waals surface area contributed by atoms with Gasteiger partial charge in [0.1, 0.15) is 7.14 Å². The molecule has 0 bridgehead atoms. The molecule has 0 amide bonds. The van der Waals surface area contributed by atoms with Gasteiger partial charge in [-0.2, -0.15) is 4.98 Å². The Morgan fingerprint density at radius 3 is 2.36 bits per heavy atom. The number of anilines is 4. The lowest BCUT2D eigenvalue weighted by atomic mass is 10.1. The van der Waals surface area contributed by atoms with Gasteiger partial charge in [-0.25, -0.2) is 8.42 Å². The van der Waals surface area contributed by atoms with E-state index in [1.54, 1.807) is 45.4 Å². The molecule has 2 N–H and O–H groups in total. The number of nitrogens with zero attached hydrogens (tertiary/aromatic N) is 3. The molecule has 33 heavy (non-hydrogen) atoms. The molecular formula is C22H27ClN5O3PS. The van der Waals surface area contributed by atoms with E-state index in [9.17, 15) is 13.0 Å². The second kappa shape index (κ2) is 9.79. The molecule has 8 nitrogen and oxygen atoms in total. The number of hydrogen-bond acceptors (Lipinski definition) is 8. The van der Waals surface area contributed by atoms with Crippen LogP contribution < -0.4 is 15.9 Å². The van der Waals surface area contributed by atoms with Gasteiger partial charge in [-0.3, -0.25) is 0 Å². The zero-order valence-electron chi connectivity index (χ0n) is 19.1. The number of hydrogen-bond donors (Lipinski definition) is 2. The number of rotatable bonds is 8. The summed E-state index contributed by atoms with van der Waals surface area (Å²) >= 11 is 6.20.